The van der Waals surface area contributed by atoms with Crippen LogP contribution in [0.4, 0.5) is 5.69 Å². The molecule has 130 valence electrons. The van der Waals surface area contributed by atoms with Gasteiger partial charge in [-0.25, -0.2) is 0 Å². The van der Waals surface area contributed by atoms with Crippen LogP contribution in [0.25, 0.3) is 0 Å². The van der Waals surface area contributed by atoms with E-state index < -0.39 is 0 Å². The van der Waals surface area contributed by atoms with Crippen LogP contribution in [0.15, 0.2) is 53.0 Å². The molecule has 1 saturated heterocycles. The zero-order valence-electron chi connectivity index (χ0n) is 13.9. The second-order valence-corrected chi connectivity index (χ2v) is 6.73. The van der Waals surface area contributed by atoms with Crippen molar-refractivity contribution in [2.45, 2.75) is 19.4 Å². The smallest absolute Gasteiger partial charge is 0.251 e. The number of carbonyl (C=O) groups is 2. The molecule has 3 rings (SSSR count). The van der Waals surface area contributed by atoms with E-state index in [1.54, 1.807) is 17.0 Å². The highest BCUT2D eigenvalue weighted by molar-refractivity contribution is 9.10. The van der Waals surface area contributed by atoms with E-state index >= 15 is 0 Å². The van der Waals surface area contributed by atoms with E-state index in [2.05, 4.69) is 21.2 Å². The van der Waals surface area contributed by atoms with Crippen molar-refractivity contribution >= 4 is 33.4 Å². The summed E-state index contributed by atoms with van der Waals surface area (Å²) in [7, 11) is 0. The number of hydrogen-bond donors (Lipinski definition) is 1. The first kappa shape index (κ1) is 17.5. The number of anilines is 1. The lowest BCUT2D eigenvalue weighted by atomic mass is 10.2. The molecule has 0 saturated carbocycles. The monoisotopic (exact) mass is 402 g/mol. The van der Waals surface area contributed by atoms with Gasteiger partial charge in [0, 0.05) is 28.7 Å². The molecule has 1 unspecified atom stereocenters. The summed E-state index contributed by atoms with van der Waals surface area (Å²) in [6.07, 6.45) is 0.301. The van der Waals surface area contributed by atoms with Crippen molar-refractivity contribution < 1.29 is 14.3 Å². The lowest BCUT2D eigenvalue weighted by molar-refractivity contribution is -0.117. The number of rotatable bonds is 5. The number of nitrogens with zero attached hydrogens (tertiary/aromatic N) is 1. The highest BCUT2D eigenvalue weighted by Crippen LogP contribution is 2.24. The minimum absolute atomic E-state index is 0.00488. The number of benzene rings is 2. The van der Waals surface area contributed by atoms with Crippen LogP contribution in [0.2, 0.25) is 0 Å². The third-order valence-corrected chi connectivity index (χ3v) is 4.55. The van der Waals surface area contributed by atoms with E-state index in [1.807, 2.05) is 43.3 Å². The van der Waals surface area contributed by atoms with Gasteiger partial charge in [0.1, 0.15) is 5.75 Å². The van der Waals surface area contributed by atoms with E-state index in [1.165, 1.54) is 0 Å². The van der Waals surface area contributed by atoms with Gasteiger partial charge in [0.25, 0.3) is 5.91 Å². The van der Waals surface area contributed by atoms with Crippen molar-refractivity contribution in [2.75, 3.05) is 18.1 Å². The Morgan fingerprint density at radius 2 is 1.88 bits per heavy atom. The lowest BCUT2D eigenvalue weighted by Crippen LogP contribution is -2.37. The Kier molecular flexibility index (Phi) is 5.38. The quantitative estimate of drug-likeness (QED) is 0.833. The first-order valence-corrected chi connectivity index (χ1v) is 8.96. The molecular weight excluding hydrogens is 384 g/mol. The molecular formula is C19H19BrN2O3. The van der Waals surface area contributed by atoms with Crippen LogP contribution >= 0.6 is 15.9 Å². The van der Waals surface area contributed by atoms with Crippen LogP contribution in [-0.4, -0.2) is 31.0 Å². The molecule has 1 aliphatic heterocycles. The summed E-state index contributed by atoms with van der Waals surface area (Å²) < 4.78 is 6.34. The van der Waals surface area contributed by atoms with Gasteiger partial charge in [-0.2, -0.15) is 0 Å². The Hall–Kier alpha value is -2.34. The van der Waals surface area contributed by atoms with Crippen LogP contribution in [-0.2, 0) is 4.79 Å². The molecule has 6 heteroatoms. The number of ether oxygens (including phenoxy) is 1. The van der Waals surface area contributed by atoms with Crippen molar-refractivity contribution in [1.29, 1.82) is 0 Å². The van der Waals surface area contributed by atoms with Crippen LogP contribution in [0.3, 0.4) is 0 Å². The van der Waals surface area contributed by atoms with Crippen LogP contribution in [0.5, 0.6) is 5.75 Å². The molecule has 0 aromatic heterocycles. The van der Waals surface area contributed by atoms with E-state index in [0.29, 0.717) is 25.1 Å². The molecule has 1 heterocycles. The predicted molar refractivity (Wildman–Crippen MR) is 100.0 cm³/mol. The molecule has 2 aromatic rings. The summed E-state index contributed by atoms with van der Waals surface area (Å²) in [6.45, 7) is 3.00. The molecule has 1 atom stereocenters. The number of halogens is 1. The van der Waals surface area contributed by atoms with Gasteiger partial charge < -0.3 is 15.0 Å². The highest BCUT2D eigenvalue weighted by atomic mass is 79.9. The normalized spacial score (nSPS) is 16.8. The first-order chi connectivity index (χ1) is 12.1. The maximum atomic E-state index is 12.3. The molecule has 0 spiro atoms. The van der Waals surface area contributed by atoms with Crippen LogP contribution in [0, 0.1) is 0 Å². The largest absolute Gasteiger partial charge is 0.494 e. The fourth-order valence-corrected chi connectivity index (χ4v) is 3.08. The average Bonchev–Trinajstić information content (AvgIpc) is 2.96. The summed E-state index contributed by atoms with van der Waals surface area (Å²) >= 11 is 3.35. The molecule has 0 radical (unpaired) electrons. The van der Waals surface area contributed by atoms with Crippen molar-refractivity contribution in [3.8, 4) is 5.75 Å². The topological polar surface area (TPSA) is 58.6 Å². The number of hydrogen-bond acceptors (Lipinski definition) is 3. The zero-order chi connectivity index (χ0) is 17.8. The molecule has 0 aliphatic carbocycles. The minimum Gasteiger partial charge on any atom is -0.494 e. The number of amides is 2. The van der Waals surface area contributed by atoms with E-state index in [-0.39, 0.29) is 17.9 Å². The lowest BCUT2D eigenvalue weighted by Gasteiger charge is -2.17. The van der Waals surface area contributed by atoms with Gasteiger partial charge in [-0.1, -0.05) is 15.9 Å². The third-order valence-electron chi connectivity index (χ3n) is 4.03. The summed E-state index contributed by atoms with van der Waals surface area (Å²) in [5.41, 5.74) is 1.39. The van der Waals surface area contributed by atoms with E-state index in [0.717, 1.165) is 15.9 Å². The molecule has 25 heavy (non-hydrogen) atoms. The zero-order valence-corrected chi connectivity index (χ0v) is 15.5. The van der Waals surface area contributed by atoms with Gasteiger partial charge in [-0.3, -0.25) is 9.59 Å². The molecule has 1 aliphatic rings. The van der Waals surface area contributed by atoms with Gasteiger partial charge in [0.2, 0.25) is 5.91 Å². The molecule has 1 fully saturated rings. The summed E-state index contributed by atoms with van der Waals surface area (Å²) in [5, 5.41) is 2.94. The Bertz CT molecular complexity index is 759. The Balaban J connectivity index is 1.63. The molecule has 2 aromatic carbocycles. The second kappa shape index (κ2) is 7.70. The van der Waals surface area contributed by atoms with Crippen molar-refractivity contribution in [3.63, 3.8) is 0 Å². The average molecular weight is 403 g/mol. The summed E-state index contributed by atoms with van der Waals surface area (Å²) in [6, 6.07) is 14.4. The Morgan fingerprint density at radius 3 is 2.52 bits per heavy atom. The van der Waals surface area contributed by atoms with Crippen molar-refractivity contribution in [2.24, 2.45) is 0 Å². The van der Waals surface area contributed by atoms with Crippen LogP contribution < -0.4 is 15.0 Å². The van der Waals surface area contributed by atoms with Gasteiger partial charge in [-0.05, 0) is 55.5 Å². The van der Waals surface area contributed by atoms with E-state index in [4.69, 9.17) is 4.74 Å². The summed E-state index contributed by atoms with van der Waals surface area (Å²) in [5.74, 6) is 0.613. The van der Waals surface area contributed by atoms with Crippen LogP contribution in [0.1, 0.15) is 23.7 Å². The molecule has 2 amide bonds. The molecule has 0 bridgehead atoms. The van der Waals surface area contributed by atoms with Crippen molar-refractivity contribution in [1.82, 2.24) is 5.32 Å². The molecule has 1 N–H and O–H groups in total. The standard InChI is InChI=1S/C19H19BrN2O3/c1-2-25-17-9-7-16(8-10-17)22-12-15(11-18(22)23)21-19(24)13-3-5-14(20)6-4-13/h3-10,15H,2,11-12H2,1H3,(H,21,24). The molecule has 5 nitrogen and oxygen atoms in total. The number of carbonyl (C=O) groups excluding carboxylic acids is 2. The third kappa shape index (κ3) is 4.20. The first-order valence-electron chi connectivity index (χ1n) is 8.16. The van der Waals surface area contributed by atoms with E-state index in [9.17, 15) is 9.59 Å². The fourth-order valence-electron chi connectivity index (χ4n) is 2.81. The Morgan fingerprint density at radius 1 is 1.20 bits per heavy atom. The maximum Gasteiger partial charge on any atom is 0.251 e. The maximum absolute atomic E-state index is 12.3. The fraction of sp³-hybridized carbons (Fsp3) is 0.263. The number of nitrogens with one attached hydrogen (secondary N) is 1. The summed E-state index contributed by atoms with van der Waals surface area (Å²) in [4.78, 5) is 26.3. The highest BCUT2D eigenvalue weighted by Gasteiger charge is 2.31. The van der Waals surface area contributed by atoms with Crippen molar-refractivity contribution in [3.05, 3.63) is 58.6 Å². The SMILES string of the molecule is CCOc1ccc(N2CC(NC(=O)c3ccc(Br)cc3)CC2=O)cc1. The second-order valence-electron chi connectivity index (χ2n) is 5.81. The van der Waals surface area contributed by atoms with Gasteiger partial charge in [-0.15, -0.1) is 0 Å². The Labute approximate surface area is 155 Å². The van der Waals surface area contributed by atoms with Gasteiger partial charge >= 0.3 is 0 Å². The predicted octanol–water partition coefficient (Wildman–Crippen LogP) is 3.38. The van der Waals surface area contributed by atoms with Gasteiger partial charge in [0.15, 0.2) is 0 Å². The minimum atomic E-state index is -0.199. The van der Waals surface area contributed by atoms with Gasteiger partial charge in [0.05, 0.1) is 12.6 Å².